The van der Waals surface area contributed by atoms with Crippen LogP contribution in [-0.4, -0.2) is 38.1 Å². The van der Waals surface area contributed by atoms with Gasteiger partial charge < -0.3 is 9.84 Å². The highest BCUT2D eigenvalue weighted by atomic mass is 32.2. The van der Waals surface area contributed by atoms with E-state index in [1.165, 1.54) is 24.3 Å². The van der Waals surface area contributed by atoms with Gasteiger partial charge in [0.15, 0.2) is 0 Å². The lowest BCUT2D eigenvalue weighted by atomic mass is 10.1. The molecule has 1 unspecified atom stereocenters. The number of hydrogen-bond acceptors (Lipinski definition) is 5. The molecule has 7 nitrogen and oxygen atoms in total. The first-order valence-electron chi connectivity index (χ1n) is 7.78. The monoisotopic (exact) mass is 357 g/mol. The molecule has 0 saturated carbocycles. The molecular formula is C16H23NO6S. The van der Waals surface area contributed by atoms with E-state index < -0.39 is 28.0 Å². The number of carboxylic acid groups (broad SMARTS) is 1. The Balaban J connectivity index is 2.75. The van der Waals surface area contributed by atoms with Crippen LogP contribution in [0.2, 0.25) is 0 Å². The van der Waals surface area contributed by atoms with Crippen LogP contribution in [0.15, 0.2) is 24.3 Å². The Hall–Kier alpha value is -1.93. The highest BCUT2D eigenvalue weighted by Crippen LogP contribution is 2.11. The smallest absolute Gasteiger partial charge is 0.338 e. The van der Waals surface area contributed by atoms with Gasteiger partial charge in [0, 0.05) is 0 Å². The molecule has 0 spiro atoms. The van der Waals surface area contributed by atoms with Crippen molar-refractivity contribution >= 4 is 22.0 Å². The fourth-order valence-corrected chi connectivity index (χ4v) is 3.44. The first-order chi connectivity index (χ1) is 11.3. The number of carbonyl (C=O) groups excluding carboxylic acids is 1. The van der Waals surface area contributed by atoms with Crippen molar-refractivity contribution in [1.82, 2.24) is 4.72 Å². The Labute approximate surface area is 142 Å². The molecule has 0 aliphatic carbocycles. The highest BCUT2D eigenvalue weighted by molar-refractivity contribution is 7.88. The van der Waals surface area contributed by atoms with Gasteiger partial charge in [-0.15, -0.1) is 0 Å². The van der Waals surface area contributed by atoms with Crippen LogP contribution in [0, 0.1) is 0 Å². The lowest BCUT2D eigenvalue weighted by Crippen LogP contribution is -2.41. The third-order valence-electron chi connectivity index (χ3n) is 3.29. The van der Waals surface area contributed by atoms with E-state index in [-0.39, 0.29) is 18.8 Å². The zero-order chi connectivity index (χ0) is 18.2. The van der Waals surface area contributed by atoms with E-state index in [9.17, 15) is 18.0 Å². The lowest BCUT2D eigenvalue weighted by molar-refractivity contribution is -0.139. The molecule has 0 radical (unpaired) electrons. The van der Waals surface area contributed by atoms with Crippen molar-refractivity contribution in [1.29, 1.82) is 0 Å². The number of nitrogens with one attached hydrogen (secondary N) is 1. The minimum atomic E-state index is -3.80. The van der Waals surface area contributed by atoms with Crippen LogP contribution in [-0.2, 0) is 25.3 Å². The number of benzene rings is 1. The zero-order valence-corrected chi connectivity index (χ0v) is 14.6. The fraction of sp³-hybridized carbons (Fsp3) is 0.500. The van der Waals surface area contributed by atoms with Gasteiger partial charge in [-0.25, -0.2) is 17.9 Å². The van der Waals surface area contributed by atoms with E-state index in [0.29, 0.717) is 17.5 Å². The molecular weight excluding hydrogens is 334 g/mol. The Morgan fingerprint density at radius 3 is 2.33 bits per heavy atom. The van der Waals surface area contributed by atoms with Crippen molar-refractivity contribution in [2.45, 2.75) is 44.9 Å². The molecule has 2 N–H and O–H groups in total. The number of sulfonamides is 1. The quantitative estimate of drug-likeness (QED) is 0.619. The van der Waals surface area contributed by atoms with Crippen LogP contribution in [0.25, 0.3) is 0 Å². The van der Waals surface area contributed by atoms with Gasteiger partial charge in [0.2, 0.25) is 10.0 Å². The molecule has 0 saturated heterocycles. The number of hydrogen-bond donors (Lipinski definition) is 2. The number of aliphatic carboxylic acids is 1. The SMILES string of the molecule is CCCCC(NS(=O)(=O)Cc1ccc(C(=O)OCC)cc1)C(=O)O. The van der Waals surface area contributed by atoms with Gasteiger partial charge in [-0.3, -0.25) is 4.79 Å². The van der Waals surface area contributed by atoms with Gasteiger partial charge in [0.1, 0.15) is 6.04 Å². The van der Waals surface area contributed by atoms with Crippen molar-refractivity contribution in [2.75, 3.05) is 6.61 Å². The minimum absolute atomic E-state index is 0.243. The average molecular weight is 357 g/mol. The molecule has 8 heteroatoms. The predicted molar refractivity (Wildman–Crippen MR) is 89.1 cm³/mol. The van der Waals surface area contributed by atoms with Crippen LogP contribution in [0.5, 0.6) is 0 Å². The van der Waals surface area contributed by atoms with Crippen molar-refractivity contribution in [3.63, 3.8) is 0 Å². The van der Waals surface area contributed by atoms with Gasteiger partial charge in [-0.2, -0.15) is 0 Å². The Bertz CT molecular complexity index is 654. The van der Waals surface area contributed by atoms with Crippen LogP contribution in [0.1, 0.15) is 49.0 Å². The summed E-state index contributed by atoms with van der Waals surface area (Å²) in [5.41, 5.74) is 0.785. The van der Waals surface area contributed by atoms with Crippen molar-refractivity contribution < 1.29 is 27.9 Å². The first kappa shape index (κ1) is 20.1. The molecule has 134 valence electrons. The maximum Gasteiger partial charge on any atom is 0.338 e. The second-order valence-electron chi connectivity index (χ2n) is 5.33. The van der Waals surface area contributed by atoms with Crippen molar-refractivity contribution in [3.05, 3.63) is 35.4 Å². The van der Waals surface area contributed by atoms with Crippen LogP contribution in [0.3, 0.4) is 0 Å². The second-order valence-corrected chi connectivity index (χ2v) is 7.08. The molecule has 0 fully saturated rings. The van der Waals surface area contributed by atoms with E-state index in [4.69, 9.17) is 9.84 Å². The Morgan fingerprint density at radius 1 is 1.21 bits per heavy atom. The predicted octanol–water partition coefficient (Wildman–Crippen LogP) is 1.93. The molecule has 0 aromatic heterocycles. The number of carbonyl (C=O) groups is 2. The third-order valence-corrected chi connectivity index (χ3v) is 4.65. The first-order valence-corrected chi connectivity index (χ1v) is 9.43. The third kappa shape index (κ3) is 6.67. The molecule has 0 aliphatic heterocycles. The normalized spacial score (nSPS) is 12.6. The topological polar surface area (TPSA) is 110 Å². The molecule has 1 atom stereocenters. The largest absolute Gasteiger partial charge is 0.480 e. The molecule has 0 bridgehead atoms. The van der Waals surface area contributed by atoms with Gasteiger partial charge in [-0.05, 0) is 31.0 Å². The molecule has 1 aromatic carbocycles. The molecule has 0 heterocycles. The molecule has 1 rings (SSSR count). The summed E-state index contributed by atoms with van der Waals surface area (Å²) in [4.78, 5) is 22.7. The van der Waals surface area contributed by atoms with Crippen LogP contribution < -0.4 is 4.72 Å². The second kappa shape index (κ2) is 9.39. The summed E-state index contributed by atoms with van der Waals surface area (Å²) in [5, 5.41) is 9.10. The standard InChI is InChI=1S/C16H23NO6S/c1-3-5-6-14(15(18)19)17-24(21,22)11-12-7-9-13(10-8-12)16(20)23-4-2/h7-10,14,17H,3-6,11H2,1-2H3,(H,18,19). The summed E-state index contributed by atoms with van der Waals surface area (Å²) in [6.45, 7) is 3.85. The number of unbranched alkanes of at least 4 members (excludes halogenated alkanes) is 1. The summed E-state index contributed by atoms with van der Waals surface area (Å²) >= 11 is 0. The Kier molecular flexibility index (Phi) is 7.87. The summed E-state index contributed by atoms with van der Waals surface area (Å²) in [6, 6.07) is 4.85. The maximum absolute atomic E-state index is 12.1. The van der Waals surface area contributed by atoms with Crippen LogP contribution >= 0.6 is 0 Å². The number of rotatable bonds is 10. The molecule has 1 aromatic rings. The fourth-order valence-electron chi connectivity index (χ4n) is 2.07. The van der Waals surface area contributed by atoms with E-state index >= 15 is 0 Å². The molecule has 0 amide bonds. The molecule has 0 aliphatic rings. The number of ether oxygens (including phenoxy) is 1. The van der Waals surface area contributed by atoms with Crippen molar-refractivity contribution in [2.24, 2.45) is 0 Å². The lowest BCUT2D eigenvalue weighted by Gasteiger charge is -2.14. The van der Waals surface area contributed by atoms with Gasteiger partial charge in [-0.1, -0.05) is 31.9 Å². The number of carboxylic acids is 1. The van der Waals surface area contributed by atoms with E-state index in [2.05, 4.69) is 4.72 Å². The van der Waals surface area contributed by atoms with Crippen molar-refractivity contribution in [3.8, 4) is 0 Å². The average Bonchev–Trinajstić information content (AvgIpc) is 2.51. The summed E-state index contributed by atoms with van der Waals surface area (Å²) in [7, 11) is -3.80. The van der Waals surface area contributed by atoms with Crippen LogP contribution in [0.4, 0.5) is 0 Å². The summed E-state index contributed by atoms with van der Waals surface area (Å²) in [5.74, 6) is -2.02. The van der Waals surface area contributed by atoms with Gasteiger partial charge in [0.25, 0.3) is 0 Å². The Morgan fingerprint density at radius 2 is 1.83 bits per heavy atom. The number of esters is 1. The highest BCUT2D eigenvalue weighted by Gasteiger charge is 2.23. The van der Waals surface area contributed by atoms with Gasteiger partial charge in [0.05, 0.1) is 17.9 Å². The van der Waals surface area contributed by atoms with E-state index in [1.54, 1.807) is 6.92 Å². The van der Waals surface area contributed by atoms with E-state index in [0.717, 1.165) is 6.42 Å². The molecule has 24 heavy (non-hydrogen) atoms. The maximum atomic E-state index is 12.1. The van der Waals surface area contributed by atoms with E-state index in [1.807, 2.05) is 6.92 Å². The minimum Gasteiger partial charge on any atom is -0.480 e. The zero-order valence-electron chi connectivity index (χ0n) is 13.8. The summed E-state index contributed by atoms with van der Waals surface area (Å²) < 4.78 is 31.3. The van der Waals surface area contributed by atoms with Gasteiger partial charge >= 0.3 is 11.9 Å². The summed E-state index contributed by atoms with van der Waals surface area (Å²) in [6.07, 6.45) is 1.64.